The highest BCUT2D eigenvalue weighted by molar-refractivity contribution is 6.26. The van der Waals surface area contributed by atoms with Crippen LogP contribution in [0.5, 0.6) is 0 Å². The average Bonchev–Trinajstić information content (AvgIpc) is 2.41. The fraction of sp³-hybridized carbons (Fsp3) is 0. The smallest absolute Gasteiger partial charge is 0.266 e. The first kappa shape index (κ1) is 7.67. The average molecular weight is 174 g/mol. The van der Waals surface area contributed by atoms with Crippen LogP contribution in [0.2, 0.25) is 0 Å². The second-order valence-corrected chi connectivity index (χ2v) is 2.65. The molecule has 1 aliphatic rings. The van der Waals surface area contributed by atoms with Crippen molar-refractivity contribution in [3.05, 3.63) is 35.4 Å². The van der Waals surface area contributed by atoms with Crippen LogP contribution in [0.25, 0.3) is 0 Å². The summed E-state index contributed by atoms with van der Waals surface area (Å²) in [5.74, 6) is -0.841. The van der Waals surface area contributed by atoms with Crippen molar-refractivity contribution in [2.45, 2.75) is 0 Å². The SMILES string of the molecule is N=CN1C(=O)c2ccccc2C1=O. The predicted octanol–water partition coefficient (Wildman–Crippen LogP) is 0.890. The molecule has 4 heteroatoms. The Hall–Kier alpha value is -1.97. The summed E-state index contributed by atoms with van der Waals surface area (Å²) in [5.41, 5.74) is 0.743. The van der Waals surface area contributed by atoms with Gasteiger partial charge in [0, 0.05) is 0 Å². The Labute approximate surface area is 74.3 Å². The molecule has 4 nitrogen and oxygen atoms in total. The van der Waals surface area contributed by atoms with Gasteiger partial charge in [0.2, 0.25) is 0 Å². The molecule has 2 amide bonds. The van der Waals surface area contributed by atoms with E-state index in [4.69, 9.17) is 5.41 Å². The van der Waals surface area contributed by atoms with Crippen LogP contribution in [0.4, 0.5) is 0 Å². The molecule has 13 heavy (non-hydrogen) atoms. The van der Waals surface area contributed by atoms with Gasteiger partial charge < -0.3 is 0 Å². The predicted molar refractivity (Wildman–Crippen MR) is 45.7 cm³/mol. The number of rotatable bonds is 1. The van der Waals surface area contributed by atoms with Gasteiger partial charge in [-0.3, -0.25) is 15.0 Å². The van der Waals surface area contributed by atoms with Gasteiger partial charge in [0.25, 0.3) is 11.8 Å². The molecule has 64 valence electrons. The van der Waals surface area contributed by atoms with Crippen molar-refractivity contribution in [1.82, 2.24) is 4.90 Å². The van der Waals surface area contributed by atoms with Crippen LogP contribution in [0.3, 0.4) is 0 Å². The van der Waals surface area contributed by atoms with E-state index in [0.717, 1.165) is 11.2 Å². The number of benzene rings is 1. The van der Waals surface area contributed by atoms with Crippen molar-refractivity contribution in [3.8, 4) is 0 Å². The summed E-state index contributed by atoms with van der Waals surface area (Å²) >= 11 is 0. The van der Waals surface area contributed by atoms with Crippen LogP contribution in [0.1, 0.15) is 20.7 Å². The quantitative estimate of drug-likeness (QED) is 0.390. The molecule has 1 aromatic rings. The minimum Gasteiger partial charge on any atom is -0.291 e. The number of hydrogen-bond donors (Lipinski definition) is 1. The van der Waals surface area contributed by atoms with Gasteiger partial charge in [-0.05, 0) is 12.1 Å². The van der Waals surface area contributed by atoms with E-state index in [9.17, 15) is 9.59 Å². The fourth-order valence-electron chi connectivity index (χ4n) is 1.33. The van der Waals surface area contributed by atoms with Crippen molar-refractivity contribution in [2.24, 2.45) is 0 Å². The standard InChI is InChI=1S/C9H6N2O2/c10-5-11-8(12)6-3-1-2-4-7(6)9(11)13/h1-5,10H. The fourth-order valence-corrected chi connectivity index (χ4v) is 1.33. The molecule has 2 rings (SSSR count). The van der Waals surface area contributed by atoms with Crippen LogP contribution < -0.4 is 0 Å². The van der Waals surface area contributed by atoms with E-state index in [1.807, 2.05) is 0 Å². The van der Waals surface area contributed by atoms with Gasteiger partial charge in [-0.1, -0.05) is 12.1 Å². The zero-order valence-electron chi connectivity index (χ0n) is 6.65. The first-order valence-electron chi connectivity index (χ1n) is 3.73. The number of carbonyl (C=O) groups excluding carboxylic acids is 2. The van der Waals surface area contributed by atoms with Gasteiger partial charge in [0.1, 0.15) is 0 Å². The van der Waals surface area contributed by atoms with Crippen LogP contribution in [0, 0.1) is 5.41 Å². The summed E-state index contributed by atoms with van der Waals surface area (Å²) < 4.78 is 0. The highest BCUT2D eigenvalue weighted by Crippen LogP contribution is 2.20. The Morgan fingerprint density at radius 1 is 1.08 bits per heavy atom. The lowest BCUT2D eigenvalue weighted by atomic mass is 10.1. The zero-order valence-corrected chi connectivity index (χ0v) is 6.65. The molecule has 1 N–H and O–H groups in total. The second-order valence-electron chi connectivity index (χ2n) is 2.65. The molecule has 0 saturated heterocycles. The maximum Gasteiger partial charge on any atom is 0.266 e. The summed E-state index contributed by atoms with van der Waals surface area (Å²) in [6.45, 7) is 0. The Morgan fingerprint density at radius 2 is 1.54 bits per heavy atom. The summed E-state index contributed by atoms with van der Waals surface area (Å²) in [6, 6.07) is 6.55. The first-order valence-corrected chi connectivity index (χ1v) is 3.73. The largest absolute Gasteiger partial charge is 0.291 e. The third-order valence-corrected chi connectivity index (χ3v) is 1.95. The van der Waals surface area contributed by atoms with Crippen LogP contribution in [-0.4, -0.2) is 23.1 Å². The molecule has 0 radical (unpaired) electrons. The monoisotopic (exact) mass is 174 g/mol. The molecular formula is C9H6N2O2. The Morgan fingerprint density at radius 3 is 1.92 bits per heavy atom. The van der Waals surface area contributed by atoms with Gasteiger partial charge in [0.15, 0.2) is 0 Å². The summed E-state index contributed by atoms with van der Waals surface area (Å²) in [4.78, 5) is 23.6. The Kier molecular flexibility index (Phi) is 1.48. The number of hydrogen-bond acceptors (Lipinski definition) is 3. The van der Waals surface area contributed by atoms with Gasteiger partial charge >= 0.3 is 0 Å². The van der Waals surface area contributed by atoms with Crippen LogP contribution in [0.15, 0.2) is 24.3 Å². The molecule has 0 fully saturated rings. The van der Waals surface area contributed by atoms with Crippen molar-refractivity contribution < 1.29 is 9.59 Å². The van der Waals surface area contributed by atoms with Crippen LogP contribution >= 0.6 is 0 Å². The van der Waals surface area contributed by atoms with Crippen molar-refractivity contribution in [2.75, 3.05) is 0 Å². The number of amides is 2. The van der Waals surface area contributed by atoms with Gasteiger partial charge in [-0.25, -0.2) is 4.90 Å². The van der Waals surface area contributed by atoms with E-state index >= 15 is 0 Å². The lowest BCUT2D eigenvalue weighted by Crippen LogP contribution is -2.27. The summed E-state index contributed by atoms with van der Waals surface area (Å²) in [5, 5.41) is 6.90. The Balaban J connectivity index is 2.63. The second kappa shape index (κ2) is 2.52. The number of carbonyl (C=O) groups is 2. The highest BCUT2D eigenvalue weighted by Gasteiger charge is 2.33. The normalized spacial score (nSPS) is 14.6. The van der Waals surface area contributed by atoms with E-state index in [1.54, 1.807) is 24.3 Å². The van der Waals surface area contributed by atoms with E-state index in [2.05, 4.69) is 0 Å². The molecule has 0 aromatic heterocycles. The Bertz CT molecular complexity index is 377. The highest BCUT2D eigenvalue weighted by atomic mass is 16.2. The molecule has 0 aliphatic carbocycles. The third kappa shape index (κ3) is 0.885. The number of fused-ring (bicyclic) bond motifs is 1. The van der Waals surface area contributed by atoms with Gasteiger partial charge in [-0.2, -0.15) is 0 Å². The molecule has 0 unspecified atom stereocenters. The molecular weight excluding hydrogens is 168 g/mol. The maximum atomic E-state index is 11.4. The van der Waals surface area contributed by atoms with E-state index in [1.165, 1.54) is 0 Å². The maximum absolute atomic E-state index is 11.4. The molecule has 1 aromatic carbocycles. The molecule has 0 atom stereocenters. The lowest BCUT2D eigenvalue weighted by molar-refractivity contribution is 0.0754. The van der Waals surface area contributed by atoms with Gasteiger partial charge in [-0.15, -0.1) is 0 Å². The van der Waals surface area contributed by atoms with E-state index in [0.29, 0.717) is 11.1 Å². The molecule has 0 spiro atoms. The van der Waals surface area contributed by atoms with Crippen molar-refractivity contribution >= 4 is 18.2 Å². The number of nitrogens with zero attached hydrogens (tertiary/aromatic N) is 1. The van der Waals surface area contributed by atoms with Crippen molar-refractivity contribution in [1.29, 1.82) is 5.41 Å². The summed E-state index contributed by atoms with van der Waals surface area (Å²) in [6.07, 6.45) is 0.741. The topological polar surface area (TPSA) is 61.2 Å². The van der Waals surface area contributed by atoms with E-state index < -0.39 is 11.8 Å². The van der Waals surface area contributed by atoms with Gasteiger partial charge in [0.05, 0.1) is 17.5 Å². The molecule has 0 bridgehead atoms. The molecule has 1 heterocycles. The first-order chi connectivity index (χ1) is 6.25. The molecule has 1 aliphatic heterocycles. The van der Waals surface area contributed by atoms with Crippen molar-refractivity contribution in [3.63, 3.8) is 0 Å². The molecule has 0 saturated carbocycles. The number of imide groups is 1. The van der Waals surface area contributed by atoms with E-state index in [-0.39, 0.29) is 0 Å². The zero-order chi connectivity index (χ0) is 9.42. The number of nitrogens with one attached hydrogen (secondary N) is 1. The minimum absolute atomic E-state index is 0.371. The lowest BCUT2D eigenvalue weighted by Gasteiger charge is -2.02. The summed E-state index contributed by atoms with van der Waals surface area (Å²) in [7, 11) is 0. The minimum atomic E-state index is -0.421. The third-order valence-electron chi connectivity index (χ3n) is 1.95. The van der Waals surface area contributed by atoms with Crippen LogP contribution in [-0.2, 0) is 0 Å².